The summed E-state index contributed by atoms with van der Waals surface area (Å²) in [5, 5.41) is 1.96. The second-order valence-corrected chi connectivity index (χ2v) is 10.9. The molecule has 174 valence electrons. The van der Waals surface area contributed by atoms with E-state index >= 15 is 0 Å². The summed E-state index contributed by atoms with van der Waals surface area (Å²) >= 11 is 0.790. The number of hydrogen-bond donors (Lipinski definition) is 1. The van der Waals surface area contributed by atoms with E-state index in [2.05, 4.69) is 5.32 Å². The molecule has 8 nitrogen and oxygen atoms in total. The van der Waals surface area contributed by atoms with Gasteiger partial charge in [0, 0.05) is 0 Å². The van der Waals surface area contributed by atoms with Crippen LogP contribution in [0, 0.1) is 0 Å². The first-order valence-corrected chi connectivity index (χ1v) is 10.6. The van der Waals surface area contributed by atoms with Crippen LogP contribution in [0.15, 0.2) is 24.3 Å². The number of hydrogen-bond acceptors (Lipinski definition) is 8. The van der Waals surface area contributed by atoms with Gasteiger partial charge < -0.3 is 24.3 Å². The fraction of sp³-hybridized carbons (Fsp3) is 0.591. The number of rotatable bonds is 6. The third-order valence-corrected chi connectivity index (χ3v) is 4.62. The van der Waals surface area contributed by atoms with Crippen molar-refractivity contribution in [3.05, 3.63) is 24.3 Å². The van der Waals surface area contributed by atoms with Crippen molar-refractivity contribution in [3.8, 4) is 11.5 Å². The largest absolute Gasteiger partial charge is 0.497 e. The Kier molecular flexibility index (Phi) is 8.81. The monoisotopic (exact) mass is 455 g/mol. The van der Waals surface area contributed by atoms with Crippen molar-refractivity contribution >= 4 is 29.1 Å². The van der Waals surface area contributed by atoms with Gasteiger partial charge in [-0.25, -0.2) is 14.4 Å². The lowest BCUT2D eigenvalue weighted by Gasteiger charge is -2.33. The number of benzene rings is 1. The summed E-state index contributed by atoms with van der Waals surface area (Å²) in [6.07, 6.45) is -0.804. The van der Waals surface area contributed by atoms with Gasteiger partial charge in [-0.2, -0.15) is 0 Å². The molecule has 0 saturated carbocycles. The highest BCUT2D eigenvalue weighted by Crippen LogP contribution is 2.33. The van der Waals surface area contributed by atoms with Gasteiger partial charge in [0.1, 0.15) is 28.7 Å². The number of carbonyl (C=O) groups is 3. The Balaban J connectivity index is 3.08. The van der Waals surface area contributed by atoms with Crippen LogP contribution in [0.5, 0.6) is 11.5 Å². The summed E-state index contributed by atoms with van der Waals surface area (Å²) in [6, 6.07) is 5.20. The zero-order valence-electron chi connectivity index (χ0n) is 19.7. The molecule has 1 aromatic rings. The molecule has 1 N–H and O–H groups in total. The normalized spacial score (nSPS) is 13.1. The smallest absolute Gasteiger partial charge is 0.408 e. The topological polar surface area (TPSA) is 100 Å². The highest BCUT2D eigenvalue weighted by Gasteiger charge is 2.42. The molecule has 0 aliphatic rings. The number of esters is 1. The van der Waals surface area contributed by atoms with Crippen LogP contribution in [0.3, 0.4) is 0 Å². The molecule has 0 heterocycles. The van der Waals surface area contributed by atoms with Crippen molar-refractivity contribution in [3.63, 3.8) is 0 Å². The van der Waals surface area contributed by atoms with E-state index in [4.69, 9.17) is 18.9 Å². The number of nitrogens with one attached hydrogen (secondary N) is 1. The molecule has 0 unspecified atom stereocenters. The number of alkyl carbamates (subject to hydrolysis) is 1. The second-order valence-electron chi connectivity index (χ2n) is 9.35. The van der Waals surface area contributed by atoms with E-state index in [9.17, 15) is 14.4 Å². The molecular weight excluding hydrogens is 422 g/mol. The lowest BCUT2D eigenvalue weighted by molar-refractivity contribution is -0.137. The molecule has 1 amide bonds. The van der Waals surface area contributed by atoms with Crippen molar-refractivity contribution < 1.29 is 33.3 Å². The van der Waals surface area contributed by atoms with Gasteiger partial charge in [-0.15, -0.1) is 0 Å². The maximum atomic E-state index is 13.0. The lowest BCUT2D eigenvalue weighted by atomic mass is 10.0. The molecular formula is C22H33NO7S. The minimum atomic E-state index is -1.21. The third-order valence-electron chi connectivity index (χ3n) is 3.61. The van der Waals surface area contributed by atoms with Crippen molar-refractivity contribution in [1.82, 2.24) is 5.32 Å². The summed E-state index contributed by atoms with van der Waals surface area (Å²) in [5.74, 6) is 0.112. The molecule has 1 rings (SSSR count). The van der Waals surface area contributed by atoms with E-state index in [-0.39, 0.29) is 5.75 Å². The summed E-state index contributed by atoms with van der Waals surface area (Å²) in [7, 11) is 1.53. The van der Waals surface area contributed by atoms with Gasteiger partial charge in [0.2, 0.25) is 0 Å². The molecule has 0 radical (unpaired) electrons. The summed E-state index contributed by atoms with van der Waals surface area (Å²) in [4.78, 5) is 37.8. The fourth-order valence-corrected chi connectivity index (χ4v) is 3.30. The average Bonchev–Trinajstić information content (AvgIpc) is 2.56. The van der Waals surface area contributed by atoms with Crippen LogP contribution in [-0.2, 0) is 14.3 Å². The van der Waals surface area contributed by atoms with Crippen molar-refractivity contribution in [1.29, 1.82) is 0 Å². The molecule has 1 aromatic carbocycles. The van der Waals surface area contributed by atoms with Gasteiger partial charge in [-0.3, -0.25) is 0 Å². The number of methoxy groups -OCH3 is 1. The van der Waals surface area contributed by atoms with Crippen molar-refractivity contribution in [2.75, 3.05) is 7.11 Å². The SMILES string of the molecule is COc1ccc(OC(=O)[C@H](NC(=O)OC(C)(C)C)C(C)(C)SC(=O)OC(C)(C)C)cc1. The Morgan fingerprint density at radius 1 is 0.839 bits per heavy atom. The number of ether oxygens (including phenoxy) is 4. The maximum Gasteiger partial charge on any atom is 0.408 e. The number of thioether (sulfide) groups is 1. The van der Waals surface area contributed by atoms with Gasteiger partial charge >= 0.3 is 17.4 Å². The van der Waals surface area contributed by atoms with E-state index in [1.807, 2.05) is 0 Å². The second kappa shape index (κ2) is 10.3. The first-order chi connectivity index (χ1) is 14.0. The van der Waals surface area contributed by atoms with Crippen LogP contribution < -0.4 is 14.8 Å². The van der Waals surface area contributed by atoms with Crippen LogP contribution in [0.4, 0.5) is 9.59 Å². The minimum absolute atomic E-state index is 0.264. The molecule has 0 aromatic heterocycles. The van der Waals surface area contributed by atoms with E-state index in [1.165, 1.54) is 7.11 Å². The maximum absolute atomic E-state index is 13.0. The van der Waals surface area contributed by atoms with Crippen molar-refractivity contribution in [2.45, 2.75) is 77.4 Å². The van der Waals surface area contributed by atoms with Gasteiger partial charge in [-0.05, 0) is 91.4 Å². The third kappa shape index (κ3) is 9.95. The highest BCUT2D eigenvalue weighted by atomic mass is 32.2. The Morgan fingerprint density at radius 2 is 1.32 bits per heavy atom. The predicted octanol–water partition coefficient (Wildman–Crippen LogP) is 4.94. The average molecular weight is 456 g/mol. The summed E-state index contributed by atoms with van der Waals surface area (Å²) < 4.78 is 20.1. The van der Waals surface area contributed by atoms with Crippen LogP contribution in [0.25, 0.3) is 0 Å². The van der Waals surface area contributed by atoms with Crippen LogP contribution in [-0.4, -0.2) is 46.5 Å². The summed E-state index contributed by atoms with van der Waals surface area (Å²) in [6.45, 7) is 13.6. The van der Waals surface area contributed by atoms with E-state index in [0.717, 1.165) is 11.8 Å². The number of amides is 1. The Labute approximate surface area is 188 Å². The molecule has 1 atom stereocenters. The molecule has 0 spiro atoms. The zero-order chi connectivity index (χ0) is 24.0. The molecule has 0 aliphatic heterocycles. The van der Waals surface area contributed by atoms with E-state index in [1.54, 1.807) is 79.7 Å². The fourth-order valence-electron chi connectivity index (χ4n) is 2.31. The highest BCUT2D eigenvalue weighted by molar-refractivity contribution is 8.14. The van der Waals surface area contributed by atoms with Gasteiger partial charge in [0.25, 0.3) is 0 Å². The quantitative estimate of drug-likeness (QED) is 0.475. The molecule has 0 fully saturated rings. The van der Waals surface area contributed by atoms with E-state index in [0.29, 0.717) is 5.75 Å². The summed E-state index contributed by atoms with van der Waals surface area (Å²) in [5.41, 5.74) is -1.46. The Bertz CT molecular complexity index is 777. The van der Waals surface area contributed by atoms with Gasteiger partial charge in [0.15, 0.2) is 0 Å². The van der Waals surface area contributed by atoms with Gasteiger partial charge in [0.05, 0.1) is 11.9 Å². The molecule has 0 bridgehead atoms. The molecule has 0 aliphatic carbocycles. The number of carbonyl (C=O) groups excluding carboxylic acids is 3. The first-order valence-electron chi connectivity index (χ1n) is 9.80. The zero-order valence-corrected chi connectivity index (χ0v) is 20.5. The van der Waals surface area contributed by atoms with E-state index < -0.39 is 39.4 Å². The predicted molar refractivity (Wildman–Crippen MR) is 120 cm³/mol. The Hall–Kier alpha value is -2.42. The standard InChI is InChI=1S/C22H33NO7S/c1-20(2,3)29-18(25)23-16(22(7,8)31-19(26)30-21(4,5)6)17(24)28-15-12-10-14(27-9)11-13-15/h10-13,16H,1-9H3,(H,23,25)/t16-/m0/s1. The van der Waals surface area contributed by atoms with Crippen LogP contribution >= 0.6 is 11.8 Å². The van der Waals surface area contributed by atoms with Gasteiger partial charge in [-0.1, -0.05) is 0 Å². The molecule has 9 heteroatoms. The van der Waals surface area contributed by atoms with Crippen molar-refractivity contribution in [2.24, 2.45) is 0 Å². The van der Waals surface area contributed by atoms with Crippen LogP contribution in [0.2, 0.25) is 0 Å². The molecule has 31 heavy (non-hydrogen) atoms. The minimum Gasteiger partial charge on any atom is -0.497 e. The Morgan fingerprint density at radius 3 is 1.77 bits per heavy atom. The van der Waals surface area contributed by atoms with Crippen LogP contribution in [0.1, 0.15) is 55.4 Å². The first kappa shape index (κ1) is 26.6. The lowest BCUT2D eigenvalue weighted by Crippen LogP contribution is -2.55. The molecule has 0 saturated heterocycles.